The Kier molecular flexibility index (Phi) is 6.99. The van der Waals surface area contributed by atoms with Gasteiger partial charge in [-0.1, -0.05) is 24.6 Å². The number of aliphatic carboxylic acids is 1. The van der Waals surface area contributed by atoms with Gasteiger partial charge < -0.3 is 19.3 Å². The minimum absolute atomic E-state index is 0.202. The number of hydrogen-bond donors (Lipinski definition) is 1. The average Bonchev–Trinajstić information content (AvgIpc) is 2.75. The van der Waals surface area contributed by atoms with Crippen molar-refractivity contribution in [3.05, 3.63) is 53.6 Å². The van der Waals surface area contributed by atoms with E-state index in [4.69, 9.17) is 14.2 Å². The van der Waals surface area contributed by atoms with E-state index in [-0.39, 0.29) is 6.04 Å². The van der Waals surface area contributed by atoms with E-state index in [1.165, 1.54) is 0 Å². The Labute approximate surface area is 172 Å². The molecule has 3 rings (SSSR count). The minimum Gasteiger partial charge on any atom is -0.494 e. The van der Waals surface area contributed by atoms with Gasteiger partial charge in [0.15, 0.2) is 11.5 Å². The van der Waals surface area contributed by atoms with Crippen LogP contribution in [0.15, 0.2) is 42.5 Å². The van der Waals surface area contributed by atoms with Gasteiger partial charge in [-0.05, 0) is 61.7 Å². The van der Waals surface area contributed by atoms with Crippen molar-refractivity contribution in [2.75, 3.05) is 27.4 Å². The van der Waals surface area contributed by atoms with Gasteiger partial charge in [-0.25, -0.2) is 0 Å². The van der Waals surface area contributed by atoms with Gasteiger partial charge in [0.25, 0.3) is 0 Å². The van der Waals surface area contributed by atoms with Crippen LogP contribution in [0.1, 0.15) is 43.4 Å². The summed E-state index contributed by atoms with van der Waals surface area (Å²) in [5.41, 5.74) is 1.99. The zero-order chi connectivity index (χ0) is 20.8. The maximum absolute atomic E-state index is 12.0. The molecule has 0 bridgehead atoms. The summed E-state index contributed by atoms with van der Waals surface area (Å²) in [6.07, 6.45) is 2.55. The summed E-state index contributed by atoms with van der Waals surface area (Å²) in [6.45, 7) is 3.28. The topological polar surface area (TPSA) is 68.2 Å². The number of rotatable bonds is 8. The molecule has 2 atom stereocenters. The number of benzene rings is 2. The molecular weight excluding hydrogens is 370 g/mol. The van der Waals surface area contributed by atoms with Gasteiger partial charge in [0.05, 0.1) is 26.9 Å². The summed E-state index contributed by atoms with van der Waals surface area (Å²) in [4.78, 5) is 14.1. The molecule has 156 valence electrons. The van der Waals surface area contributed by atoms with Crippen molar-refractivity contribution < 1.29 is 24.1 Å². The zero-order valence-corrected chi connectivity index (χ0v) is 17.3. The van der Waals surface area contributed by atoms with Crippen LogP contribution >= 0.6 is 0 Å². The van der Waals surface area contributed by atoms with Crippen molar-refractivity contribution in [1.82, 2.24) is 4.90 Å². The van der Waals surface area contributed by atoms with Crippen LogP contribution in [-0.4, -0.2) is 49.4 Å². The predicted molar refractivity (Wildman–Crippen MR) is 111 cm³/mol. The van der Waals surface area contributed by atoms with Crippen molar-refractivity contribution in [3.8, 4) is 17.2 Å². The molecule has 2 unspecified atom stereocenters. The molecule has 6 heteroatoms. The Morgan fingerprint density at radius 1 is 1.07 bits per heavy atom. The van der Waals surface area contributed by atoms with Crippen LogP contribution in [0.5, 0.6) is 17.2 Å². The molecule has 1 N–H and O–H groups in total. The number of methoxy groups -OCH3 is 2. The van der Waals surface area contributed by atoms with Crippen LogP contribution < -0.4 is 14.2 Å². The number of piperidine rings is 1. The quantitative estimate of drug-likeness (QED) is 0.720. The fraction of sp³-hybridized carbons (Fsp3) is 0.435. The summed E-state index contributed by atoms with van der Waals surface area (Å²) in [6, 6.07) is 13.0. The number of nitrogens with zero attached hydrogens (tertiary/aromatic N) is 1. The lowest BCUT2D eigenvalue weighted by Gasteiger charge is -2.39. The van der Waals surface area contributed by atoms with Crippen LogP contribution in [0, 0.1) is 0 Å². The van der Waals surface area contributed by atoms with E-state index in [1.54, 1.807) is 14.2 Å². The van der Waals surface area contributed by atoms with Gasteiger partial charge in [0, 0.05) is 0 Å². The number of ether oxygens (including phenoxy) is 3. The smallest absolute Gasteiger partial charge is 0.320 e. The van der Waals surface area contributed by atoms with E-state index in [2.05, 4.69) is 4.90 Å². The second-order valence-corrected chi connectivity index (χ2v) is 7.11. The Bertz CT molecular complexity index is 821. The first kappa shape index (κ1) is 21.0. The lowest BCUT2D eigenvalue weighted by atomic mass is 9.91. The highest BCUT2D eigenvalue weighted by atomic mass is 16.5. The molecule has 1 saturated heterocycles. The highest BCUT2D eigenvalue weighted by Gasteiger charge is 2.35. The second-order valence-electron chi connectivity index (χ2n) is 7.11. The van der Waals surface area contributed by atoms with Gasteiger partial charge in [0.2, 0.25) is 0 Å². The fourth-order valence-corrected chi connectivity index (χ4v) is 4.04. The molecular formula is C23H29NO5. The monoisotopic (exact) mass is 399 g/mol. The summed E-state index contributed by atoms with van der Waals surface area (Å²) in [5, 5.41) is 9.84. The van der Waals surface area contributed by atoms with E-state index in [0.717, 1.165) is 36.3 Å². The molecule has 1 aliphatic heterocycles. The molecule has 2 aromatic carbocycles. The molecule has 0 amide bonds. The van der Waals surface area contributed by atoms with Crippen molar-refractivity contribution in [3.63, 3.8) is 0 Å². The second kappa shape index (κ2) is 9.65. The Balaban J connectivity index is 2.07. The molecule has 0 saturated carbocycles. The summed E-state index contributed by atoms with van der Waals surface area (Å²) in [7, 11) is 3.21. The number of carboxylic acid groups (broad SMARTS) is 1. The van der Waals surface area contributed by atoms with Crippen molar-refractivity contribution in [2.24, 2.45) is 0 Å². The standard InChI is InChI=1S/C23H29NO5/c1-4-29-18-11-8-16(9-12-18)22(24-14-6-5-7-19(24)23(25)26)17-10-13-20(27-2)21(15-17)28-3/h8-13,15,19,22H,4-7,14H2,1-3H3,(H,25,26). The molecule has 2 aromatic rings. The average molecular weight is 399 g/mol. The normalized spacial score (nSPS) is 18.1. The van der Waals surface area contributed by atoms with Crippen LogP contribution in [0.4, 0.5) is 0 Å². The van der Waals surface area contributed by atoms with Gasteiger partial charge >= 0.3 is 5.97 Å². The van der Waals surface area contributed by atoms with Crippen LogP contribution in [-0.2, 0) is 4.79 Å². The van der Waals surface area contributed by atoms with Gasteiger partial charge in [-0.2, -0.15) is 0 Å². The van der Waals surface area contributed by atoms with Crippen LogP contribution in [0.25, 0.3) is 0 Å². The van der Waals surface area contributed by atoms with Gasteiger partial charge in [0.1, 0.15) is 11.8 Å². The molecule has 0 radical (unpaired) electrons. The maximum Gasteiger partial charge on any atom is 0.320 e. The van der Waals surface area contributed by atoms with Gasteiger partial charge in [-0.3, -0.25) is 9.69 Å². The SMILES string of the molecule is CCOc1ccc(C(c2ccc(OC)c(OC)c2)N2CCCCC2C(=O)O)cc1. The summed E-state index contributed by atoms with van der Waals surface area (Å²) >= 11 is 0. The lowest BCUT2D eigenvalue weighted by molar-refractivity contribution is -0.145. The fourth-order valence-electron chi connectivity index (χ4n) is 4.04. The zero-order valence-electron chi connectivity index (χ0n) is 17.3. The highest BCUT2D eigenvalue weighted by Crippen LogP contribution is 2.38. The summed E-state index contributed by atoms with van der Waals surface area (Å²) in [5.74, 6) is 1.30. The number of carboxylic acids is 1. The van der Waals surface area contributed by atoms with E-state index in [0.29, 0.717) is 24.5 Å². The molecule has 0 aliphatic carbocycles. The number of hydrogen-bond acceptors (Lipinski definition) is 5. The maximum atomic E-state index is 12.0. The van der Waals surface area contributed by atoms with E-state index in [1.807, 2.05) is 49.4 Å². The predicted octanol–water partition coefficient (Wildman–Crippen LogP) is 4.13. The Hall–Kier alpha value is -2.73. The van der Waals surface area contributed by atoms with E-state index in [9.17, 15) is 9.90 Å². The van der Waals surface area contributed by atoms with Crippen molar-refractivity contribution in [1.29, 1.82) is 0 Å². The minimum atomic E-state index is -0.777. The molecule has 0 spiro atoms. The third-order valence-electron chi connectivity index (χ3n) is 5.39. The Morgan fingerprint density at radius 2 is 1.76 bits per heavy atom. The molecule has 1 heterocycles. The largest absolute Gasteiger partial charge is 0.494 e. The first-order valence-electron chi connectivity index (χ1n) is 10.0. The third kappa shape index (κ3) is 4.65. The van der Waals surface area contributed by atoms with E-state index < -0.39 is 12.0 Å². The van der Waals surface area contributed by atoms with Crippen LogP contribution in [0.2, 0.25) is 0 Å². The molecule has 6 nitrogen and oxygen atoms in total. The van der Waals surface area contributed by atoms with Crippen molar-refractivity contribution >= 4 is 5.97 Å². The van der Waals surface area contributed by atoms with Crippen molar-refractivity contribution in [2.45, 2.75) is 38.3 Å². The Morgan fingerprint density at radius 3 is 2.38 bits per heavy atom. The van der Waals surface area contributed by atoms with E-state index >= 15 is 0 Å². The lowest BCUT2D eigenvalue weighted by Crippen LogP contribution is -2.46. The van der Waals surface area contributed by atoms with Gasteiger partial charge in [-0.15, -0.1) is 0 Å². The number of carbonyl (C=O) groups is 1. The molecule has 1 fully saturated rings. The first-order chi connectivity index (χ1) is 14.1. The highest BCUT2D eigenvalue weighted by molar-refractivity contribution is 5.73. The number of likely N-dealkylation sites (tertiary alicyclic amines) is 1. The molecule has 0 aromatic heterocycles. The first-order valence-corrected chi connectivity index (χ1v) is 10.0. The third-order valence-corrected chi connectivity index (χ3v) is 5.39. The molecule has 29 heavy (non-hydrogen) atoms. The van der Waals surface area contributed by atoms with Crippen LogP contribution in [0.3, 0.4) is 0 Å². The summed E-state index contributed by atoms with van der Waals surface area (Å²) < 4.78 is 16.4. The molecule has 1 aliphatic rings.